The van der Waals surface area contributed by atoms with E-state index in [1.807, 2.05) is 43.9 Å². The van der Waals surface area contributed by atoms with E-state index in [2.05, 4.69) is 35.8 Å². The topological polar surface area (TPSA) is 140 Å². The molecular weight excluding hydrogens is 618 g/mol. The summed E-state index contributed by atoms with van der Waals surface area (Å²) >= 11 is 0. The fraction of sp³-hybridized carbons (Fsp3) is 0.486. The number of nitrogens with one attached hydrogen (secondary N) is 2. The second-order valence-electron chi connectivity index (χ2n) is 13.8. The van der Waals surface area contributed by atoms with Crippen LogP contribution in [0.2, 0.25) is 0 Å². The molecule has 252 valence electrons. The molecule has 2 aromatic carbocycles. The largest absolute Gasteiger partial charge is 0.475 e. The number of sulfonamides is 1. The van der Waals surface area contributed by atoms with Crippen molar-refractivity contribution in [2.45, 2.75) is 96.7 Å². The molecule has 11 nitrogen and oxygen atoms in total. The summed E-state index contributed by atoms with van der Waals surface area (Å²) in [6.45, 7) is 12.3. The molecule has 2 amide bonds. The van der Waals surface area contributed by atoms with Crippen LogP contribution in [0.25, 0.3) is 11.3 Å². The Kier molecular flexibility index (Phi) is 9.81. The van der Waals surface area contributed by atoms with Crippen LogP contribution in [0.5, 0.6) is 5.88 Å². The first-order chi connectivity index (χ1) is 22.2. The highest BCUT2D eigenvalue weighted by Crippen LogP contribution is 2.36. The zero-order valence-electron chi connectivity index (χ0n) is 28.2. The second kappa shape index (κ2) is 13.5. The van der Waals surface area contributed by atoms with Crippen molar-refractivity contribution in [1.82, 2.24) is 20.2 Å². The van der Waals surface area contributed by atoms with Crippen molar-refractivity contribution >= 4 is 28.0 Å². The molecule has 47 heavy (non-hydrogen) atoms. The third kappa shape index (κ3) is 7.69. The maximum absolute atomic E-state index is 14.5. The van der Waals surface area contributed by atoms with E-state index in [9.17, 15) is 18.0 Å². The number of aromatic nitrogens is 2. The molecule has 0 saturated heterocycles. The third-order valence-electron chi connectivity index (χ3n) is 8.92. The quantitative estimate of drug-likeness (QED) is 0.338. The molecule has 1 aliphatic carbocycles. The number of fused-ring (bicyclic) bond motifs is 4. The predicted octanol–water partition coefficient (Wildman–Crippen LogP) is 6.18. The Morgan fingerprint density at radius 1 is 1.04 bits per heavy atom. The Balaban J connectivity index is 1.64. The maximum atomic E-state index is 14.5. The smallest absolute Gasteiger partial charge is 0.407 e. The number of ether oxygens (including phenoxy) is 2. The van der Waals surface area contributed by atoms with Crippen LogP contribution in [-0.4, -0.2) is 67.1 Å². The summed E-state index contributed by atoms with van der Waals surface area (Å²) < 4.78 is 41.3. The van der Waals surface area contributed by atoms with Crippen molar-refractivity contribution in [3.8, 4) is 17.1 Å². The van der Waals surface area contributed by atoms with Crippen LogP contribution in [0.3, 0.4) is 0 Å². The van der Waals surface area contributed by atoms with Crippen LogP contribution in [0.1, 0.15) is 79.9 Å². The number of carbonyl (C=O) groups is 2. The van der Waals surface area contributed by atoms with Crippen molar-refractivity contribution in [3.05, 3.63) is 64.7 Å². The molecule has 1 atom stereocenters. The molecule has 1 saturated carbocycles. The van der Waals surface area contributed by atoms with Gasteiger partial charge in [-0.25, -0.2) is 22.9 Å². The Bertz CT molecular complexity index is 1740. The second-order valence-corrected chi connectivity index (χ2v) is 15.5. The van der Waals surface area contributed by atoms with E-state index in [1.54, 1.807) is 12.1 Å². The molecule has 2 heterocycles. The number of rotatable bonds is 4. The molecule has 12 heteroatoms. The first-order valence-corrected chi connectivity index (χ1v) is 17.5. The zero-order valence-corrected chi connectivity index (χ0v) is 29.0. The fourth-order valence-electron chi connectivity index (χ4n) is 6.71. The Hall–Kier alpha value is -4.19. The van der Waals surface area contributed by atoms with Crippen molar-refractivity contribution < 1.29 is 27.5 Å². The molecule has 1 aromatic heterocycles. The highest BCUT2D eigenvalue weighted by molar-refractivity contribution is 7.92. The van der Waals surface area contributed by atoms with Crippen LogP contribution < -0.4 is 14.8 Å². The molecule has 3 aromatic rings. The first-order valence-electron chi connectivity index (χ1n) is 16.0. The third-order valence-corrected chi connectivity index (χ3v) is 10.2. The van der Waals surface area contributed by atoms with Gasteiger partial charge in [0.2, 0.25) is 11.8 Å². The number of nitrogens with zero attached hydrogens (tertiary/aromatic N) is 3. The summed E-state index contributed by atoms with van der Waals surface area (Å²) in [6.07, 6.45) is 2.77. The molecule has 2 aliphatic rings. The number of hydrogen-bond acceptors (Lipinski definition) is 8. The number of hydrogen-bond donors (Lipinski definition) is 2. The number of amides is 2. The van der Waals surface area contributed by atoms with Crippen molar-refractivity contribution in [2.24, 2.45) is 5.41 Å². The van der Waals surface area contributed by atoms with Crippen LogP contribution in [0.4, 0.5) is 10.7 Å². The Labute approximate surface area is 277 Å². The monoisotopic (exact) mass is 663 g/mol. The molecule has 0 radical (unpaired) electrons. The number of anilines is 1. The molecule has 0 spiro atoms. The first kappa shape index (κ1) is 34.2. The van der Waals surface area contributed by atoms with Crippen molar-refractivity contribution in [3.63, 3.8) is 0 Å². The number of methoxy groups -OCH3 is 1. The Morgan fingerprint density at radius 2 is 1.70 bits per heavy atom. The van der Waals surface area contributed by atoms with Gasteiger partial charge in [-0.15, -0.1) is 0 Å². The summed E-state index contributed by atoms with van der Waals surface area (Å²) in [7, 11) is -2.83. The number of aryl methyl sites for hydroxylation is 2. The van der Waals surface area contributed by atoms with E-state index in [-0.39, 0.29) is 58.3 Å². The summed E-state index contributed by atoms with van der Waals surface area (Å²) in [4.78, 5) is 37.5. The Morgan fingerprint density at radius 3 is 2.34 bits per heavy atom. The van der Waals surface area contributed by atoms with E-state index >= 15 is 0 Å². The van der Waals surface area contributed by atoms with Gasteiger partial charge in [0, 0.05) is 28.8 Å². The molecule has 4 bridgehead atoms. The average Bonchev–Trinajstić information content (AvgIpc) is 3.01. The van der Waals surface area contributed by atoms with Crippen molar-refractivity contribution in [2.75, 3.05) is 18.4 Å². The van der Waals surface area contributed by atoms with Gasteiger partial charge in [0.25, 0.3) is 15.9 Å². The predicted molar refractivity (Wildman–Crippen MR) is 180 cm³/mol. The van der Waals surface area contributed by atoms with Gasteiger partial charge in [0.1, 0.15) is 6.61 Å². The molecule has 1 fully saturated rings. The highest BCUT2D eigenvalue weighted by Gasteiger charge is 2.38. The fourth-order valence-corrected chi connectivity index (χ4v) is 7.70. The van der Waals surface area contributed by atoms with Gasteiger partial charge in [0.15, 0.2) is 0 Å². The summed E-state index contributed by atoms with van der Waals surface area (Å²) in [5.74, 6) is -0.132. The van der Waals surface area contributed by atoms with E-state index < -0.39 is 16.1 Å². The minimum absolute atomic E-state index is 0.0629. The van der Waals surface area contributed by atoms with Gasteiger partial charge in [-0.1, -0.05) is 45.0 Å². The molecule has 0 unspecified atom stereocenters. The van der Waals surface area contributed by atoms with Gasteiger partial charge >= 0.3 is 6.09 Å². The standard InChI is InChI=1S/C35H45N5O6S/c1-21-10-8-11-22(2)29(21)30-23(3)31-38-33(37-30)39-47(43,44)28-13-9-12-24(18-28)32(41)40(27(20-46-31)19-35(4,5)6)26-16-14-25(15-17-26)36-34(42)45-7/h8-13,18,25-27H,14-17,19-20H2,1-7H3,(H,36,42)(H,37,38,39)/t25?,26?,27-/m1/s1. The van der Waals surface area contributed by atoms with Crippen LogP contribution >= 0.6 is 0 Å². The normalized spacial score (nSPS) is 21.3. The average molecular weight is 664 g/mol. The van der Waals surface area contributed by atoms with Crippen molar-refractivity contribution in [1.29, 1.82) is 0 Å². The summed E-state index contributed by atoms with van der Waals surface area (Å²) in [5, 5.41) is 2.89. The molecule has 2 N–H and O–H groups in total. The van der Waals surface area contributed by atoms with Gasteiger partial charge < -0.3 is 19.7 Å². The van der Waals surface area contributed by atoms with E-state index in [0.717, 1.165) is 16.7 Å². The van der Waals surface area contributed by atoms with E-state index in [1.165, 1.54) is 19.2 Å². The minimum atomic E-state index is -4.17. The van der Waals surface area contributed by atoms with E-state index in [0.29, 0.717) is 43.4 Å². The van der Waals surface area contributed by atoms with Gasteiger partial charge in [-0.05, 0) is 87.6 Å². The molecule has 5 rings (SSSR count). The molecular formula is C35H45N5O6S. The number of carbonyl (C=O) groups excluding carboxylic acids is 2. The highest BCUT2D eigenvalue weighted by atomic mass is 32.2. The van der Waals surface area contributed by atoms with Crippen LogP contribution in [0, 0.1) is 26.2 Å². The van der Waals surface area contributed by atoms with Crippen LogP contribution in [0.15, 0.2) is 47.4 Å². The zero-order chi connectivity index (χ0) is 34.1. The number of benzene rings is 2. The van der Waals surface area contributed by atoms with Gasteiger partial charge in [0.05, 0.1) is 23.7 Å². The van der Waals surface area contributed by atoms with E-state index in [4.69, 9.17) is 14.5 Å². The minimum Gasteiger partial charge on any atom is -0.475 e. The maximum Gasteiger partial charge on any atom is 0.407 e. The van der Waals surface area contributed by atoms with Gasteiger partial charge in [-0.3, -0.25) is 4.79 Å². The lowest BCUT2D eigenvalue weighted by Gasteiger charge is -2.43. The lowest BCUT2D eigenvalue weighted by Crippen LogP contribution is -2.53. The SMILES string of the molecule is COC(=O)NC1CCC(N2C(=O)c3cccc(c3)S(=O)(=O)Nc3nc(c(C)c(-c4c(C)cccc4C)n3)OC[C@H]2CC(C)(C)C)CC1. The number of alkyl carbamates (subject to hydrolysis) is 1. The van der Waals surface area contributed by atoms with Crippen LogP contribution in [-0.2, 0) is 14.8 Å². The molecule has 1 aliphatic heterocycles. The summed E-state index contributed by atoms with van der Waals surface area (Å²) in [5.41, 5.74) is 4.18. The summed E-state index contributed by atoms with van der Waals surface area (Å²) in [6, 6.07) is 11.4. The lowest BCUT2D eigenvalue weighted by molar-refractivity contribution is 0.0306. The lowest BCUT2D eigenvalue weighted by atomic mass is 9.84. The van der Waals surface area contributed by atoms with Gasteiger partial charge in [-0.2, -0.15) is 4.98 Å².